The lowest BCUT2D eigenvalue weighted by atomic mass is 10.1. The summed E-state index contributed by atoms with van der Waals surface area (Å²) < 4.78 is 5.65. The van der Waals surface area contributed by atoms with Gasteiger partial charge in [-0.05, 0) is 36.1 Å². The Hall–Kier alpha value is -2.79. The number of amides is 2. The lowest BCUT2D eigenvalue weighted by Gasteiger charge is -2.36. The molecule has 5 nitrogen and oxygen atoms in total. The van der Waals surface area contributed by atoms with Crippen LogP contribution in [0.1, 0.15) is 11.1 Å². The van der Waals surface area contributed by atoms with Crippen LogP contribution in [0.4, 0.5) is 10.5 Å². The fraction of sp³-hybridized carbons (Fsp3) is 0.348. The second-order valence-corrected chi connectivity index (χ2v) is 7.65. The summed E-state index contributed by atoms with van der Waals surface area (Å²) in [5, 5.41) is 1.21. The Morgan fingerprint density at radius 1 is 0.929 bits per heavy atom. The monoisotopic (exact) mass is 375 g/mol. The van der Waals surface area contributed by atoms with Gasteiger partial charge in [0.1, 0.15) is 5.58 Å². The minimum atomic E-state index is 0.158. The number of furan rings is 1. The first-order chi connectivity index (χ1) is 13.8. The zero-order valence-electron chi connectivity index (χ0n) is 16.0. The molecule has 0 saturated carbocycles. The molecule has 1 saturated heterocycles. The second kappa shape index (κ2) is 7.32. The Morgan fingerprint density at radius 2 is 1.71 bits per heavy atom. The number of nitrogens with zero attached hydrogens (tertiary/aromatic N) is 3. The van der Waals surface area contributed by atoms with Crippen molar-refractivity contribution in [2.45, 2.75) is 12.8 Å². The average molecular weight is 375 g/mol. The van der Waals surface area contributed by atoms with E-state index < -0.39 is 0 Å². The highest BCUT2D eigenvalue weighted by atomic mass is 16.3. The molecule has 5 rings (SSSR count). The molecule has 0 unspecified atom stereocenters. The Kier molecular flexibility index (Phi) is 4.53. The van der Waals surface area contributed by atoms with Gasteiger partial charge in [-0.15, -0.1) is 0 Å². The molecule has 0 radical (unpaired) electrons. The van der Waals surface area contributed by atoms with E-state index in [2.05, 4.69) is 35.2 Å². The summed E-state index contributed by atoms with van der Waals surface area (Å²) in [6, 6.07) is 16.6. The number of benzene rings is 2. The summed E-state index contributed by atoms with van der Waals surface area (Å²) in [6.07, 6.45) is 3.82. The number of carbonyl (C=O) groups excluding carboxylic acids is 1. The van der Waals surface area contributed by atoms with Crippen molar-refractivity contribution in [3.8, 4) is 0 Å². The third-order valence-corrected chi connectivity index (χ3v) is 6.02. The van der Waals surface area contributed by atoms with Crippen LogP contribution in [-0.4, -0.2) is 55.1 Å². The third kappa shape index (κ3) is 3.16. The van der Waals surface area contributed by atoms with Crippen molar-refractivity contribution in [3.63, 3.8) is 0 Å². The lowest BCUT2D eigenvalue weighted by molar-refractivity contribution is 0.144. The van der Waals surface area contributed by atoms with Gasteiger partial charge in [-0.2, -0.15) is 0 Å². The van der Waals surface area contributed by atoms with Crippen LogP contribution >= 0.6 is 0 Å². The standard InChI is InChI=1S/C23H25N3O2/c27-23(26-12-10-18-5-1-3-7-21(18)26)25-15-13-24(14-16-25)11-9-19-17-28-22-8-4-2-6-20(19)22/h1-8,17H,9-16H2. The SMILES string of the molecule is O=C(N1CCN(CCc2coc3ccccc23)CC1)N1CCc2ccccc21. The number of rotatable bonds is 3. The highest BCUT2D eigenvalue weighted by Crippen LogP contribution is 2.28. The van der Waals surface area contributed by atoms with Gasteiger partial charge in [0.25, 0.3) is 0 Å². The van der Waals surface area contributed by atoms with Gasteiger partial charge in [-0.1, -0.05) is 36.4 Å². The van der Waals surface area contributed by atoms with E-state index in [-0.39, 0.29) is 6.03 Å². The molecule has 28 heavy (non-hydrogen) atoms. The molecule has 3 heterocycles. The molecule has 1 fully saturated rings. The average Bonchev–Trinajstić information content (AvgIpc) is 3.36. The van der Waals surface area contributed by atoms with Gasteiger partial charge in [0, 0.05) is 50.3 Å². The summed E-state index contributed by atoms with van der Waals surface area (Å²) in [5.41, 5.74) is 4.59. The van der Waals surface area contributed by atoms with Crippen molar-refractivity contribution in [2.24, 2.45) is 0 Å². The maximum atomic E-state index is 13.0. The Labute approximate surface area is 165 Å². The molecule has 0 aliphatic carbocycles. The van der Waals surface area contributed by atoms with Crippen molar-refractivity contribution in [2.75, 3.05) is 44.2 Å². The number of hydrogen-bond acceptors (Lipinski definition) is 3. The molecule has 0 bridgehead atoms. The van der Waals surface area contributed by atoms with E-state index in [9.17, 15) is 4.79 Å². The molecule has 1 aromatic heterocycles. The molecule has 0 spiro atoms. The zero-order valence-corrected chi connectivity index (χ0v) is 16.0. The first-order valence-electron chi connectivity index (χ1n) is 10.1. The van der Waals surface area contributed by atoms with Crippen LogP contribution in [0.2, 0.25) is 0 Å². The largest absolute Gasteiger partial charge is 0.464 e. The molecule has 2 aliphatic rings. The number of hydrogen-bond donors (Lipinski definition) is 0. The van der Waals surface area contributed by atoms with E-state index in [1.54, 1.807) is 0 Å². The van der Waals surface area contributed by atoms with Gasteiger partial charge in [-0.25, -0.2) is 4.79 Å². The van der Waals surface area contributed by atoms with E-state index in [0.717, 1.165) is 63.4 Å². The molecule has 2 aromatic carbocycles. The first kappa shape index (κ1) is 17.3. The number of piperazine rings is 1. The first-order valence-corrected chi connectivity index (χ1v) is 10.1. The zero-order chi connectivity index (χ0) is 18.9. The molecule has 3 aromatic rings. The Bertz CT molecular complexity index is 988. The number of para-hydroxylation sites is 2. The van der Waals surface area contributed by atoms with Gasteiger partial charge in [0.15, 0.2) is 0 Å². The van der Waals surface area contributed by atoms with Crippen LogP contribution in [0.25, 0.3) is 11.0 Å². The van der Waals surface area contributed by atoms with Gasteiger partial charge < -0.3 is 9.32 Å². The fourth-order valence-electron chi connectivity index (χ4n) is 4.38. The van der Waals surface area contributed by atoms with E-state index in [0.29, 0.717) is 0 Å². The highest BCUT2D eigenvalue weighted by molar-refractivity contribution is 5.94. The predicted molar refractivity (Wildman–Crippen MR) is 111 cm³/mol. The third-order valence-electron chi connectivity index (χ3n) is 6.02. The van der Waals surface area contributed by atoms with Crippen LogP contribution < -0.4 is 4.90 Å². The summed E-state index contributed by atoms with van der Waals surface area (Å²) in [4.78, 5) is 19.4. The number of fused-ring (bicyclic) bond motifs is 2. The fourth-order valence-corrected chi connectivity index (χ4v) is 4.38. The molecule has 0 N–H and O–H groups in total. The smallest absolute Gasteiger partial charge is 0.324 e. The highest BCUT2D eigenvalue weighted by Gasteiger charge is 2.30. The van der Waals surface area contributed by atoms with Gasteiger partial charge >= 0.3 is 6.03 Å². The summed E-state index contributed by atoms with van der Waals surface area (Å²) in [5.74, 6) is 0. The van der Waals surface area contributed by atoms with Gasteiger partial charge in [0.05, 0.1) is 6.26 Å². The normalized spacial score (nSPS) is 17.3. The van der Waals surface area contributed by atoms with Crippen LogP contribution in [0, 0.1) is 0 Å². The Morgan fingerprint density at radius 3 is 2.61 bits per heavy atom. The van der Waals surface area contributed by atoms with Crippen molar-refractivity contribution in [1.29, 1.82) is 0 Å². The molecular weight excluding hydrogens is 350 g/mol. The van der Waals surface area contributed by atoms with E-state index in [1.165, 1.54) is 16.5 Å². The summed E-state index contributed by atoms with van der Waals surface area (Å²) >= 11 is 0. The molecule has 144 valence electrons. The van der Waals surface area contributed by atoms with Gasteiger partial charge in [-0.3, -0.25) is 9.80 Å². The van der Waals surface area contributed by atoms with Crippen molar-refractivity contribution in [1.82, 2.24) is 9.80 Å². The number of urea groups is 1. The van der Waals surface area contributed by atoms with Gasteiger partial charge in [0.2, 0.25) is 0 Å². The van der Waals surface area contributed by atoms with E-state index >= 15 is 0 Å². The maximum absolute atomic E-state index is 13.0. The minimum absolute atomic E-state index is 0.158. The van der Waals surface area contributed by atoms with E-state index in [4.69, 9.17) is 4.42 Å². The second-order valence-electron chi connectivity index (χ2n) is 7.65. The molecular formula is C23H25N3O2. The molecule has 2 amide bonds. The lowest BCUT2D eigenvalue weighted by Crippen LogP contribution is -2.53. The van der Waals surface area contributed by atoms with Crippen molar-refractivity contribution >= 4 is 22.7 Å². The predicted octanol–water partition coefficient (Wildman–Crippen LogP) is 3.78. The topological polar surface area (TPSA) is 39.9 Å². The summed E-state index contributed by atoms with van der Waals surface area (Å²) in [7, 11) is 0. The van der Waals surface area contributed by atoms with Crippen molar-refractivity contribution in [3.05, 3.63) is 65.9 Å². The van der Waals surface area contributed by atoms with E-state index in [1.807, 2.05) is 34.3 Å². The quantitative estimate of drug-likeness (QED) is 0.700. The van der Waals surface area contributed by atoms with Crippen molar-refractivity contribution < 1.29 is 9.21 Å². The number of anilines is 1. The number of carbonyl (C=O) groups is 1. The van der Waals surface area contributed by atoms with Crippen LogP contribution in [0.3, 0.4) is 0 Å². The molecule has 0 atom stereocenters. The minimum Gasteiger partial charge on any atom is -0.464 e. The van der Waals surface area contributed by atoms with Crippen LogP contribution in [0.5, 0.6) is 0 Å². The Balaban J connectivity index is 1.16. The molecule has 5 heteroatoms. The molecule has 2 aliphatic heterocycles. The van der Waals surface area contributed by atoms with Crippen LogP contribution in [0.15, 0.2) is 59.2 Å². The summed E-state index contributed by atoms with van der Waals surface area (Å²) in [6.45, 7) is 5.24. The van der Waals surface area contributed by atoms with Crippen LogP contribution in [-0.2, 0) is 12.8 Å². The maximum Gasteiger partial charge on any atom is 0.324 e.